The molecule has 0 radical (unpaired) electrons. The van der Waals surface area contributed by atoms with Crippen molar-refractivity contribution in [2.45, 2.75) is 17.4 Å². The van der Waals surface area contributed by atoms with Gasteiger partial charge in [-0.25, -0.2) is 8.42 Å². The number of para-hydroxylation sites is 1. The molecule has 1 heterocycles. The molecule has 1 aliphatic heterocycles. The molecule has 19 heavy (non-hydrogen) atoms. The third-order valence-electron chi connectivity index (χ3n) is 2.90. The van der Waals surface area contributed by atoms with Gasteiger partial charge in [0, 0.05) is 12.6 Å². The molecule has 0 saturated carbocycles. The lowest BCUT2D eigenvalue weighted by Gasteiger charge is -2.36. The fraction of sp³-hybridized carbons (Fsp3) is 0.300. The van der Waals surface area contributed by atoms with Gasteiger partial charge in [-0.05, 0) is 12.5 Å². The highest BCUT2D eigenvalue weighted by atomic mass is 32.2. The molecule has 1 saturated heterocycles. The largest absolute Gasteiger partial charge is 0.480 e. The Morgan fingerprint density at radius 3 is 2.53 bits per heavy atom. The highest BCUT2D eigenvalue weighted by Crippen LogP contribution is 2.31. The van der Waals surface area contributed by atoms with E-state index in [2.05, 4.69) is 0 Å². The fourth-order valence-electron chi connectivity index (χ4n) is 1.85. The first kappa shape index (κ1) is 13.4. The molecule has 2 rings (SSSR count). The minimum Gasteiger partial charge on any atom is -0.480 e. The molecule has 0 amide bonds. The van der Waals surface area contributed by atoms with E-state index >= 15 is 0 Å². The van der Waals surface area contributed by atoms with Crippen LogP contribution in [0.4, 0.5) is 5.69 Å². The summed E-state index contributed by atoms with van der Waals surface area (Å²) in [5.41, 5.74) is -0.557. The van der Waals surface area contributed by atoms with E-state index in [0.29, 0.717) is 0 Å². The molecular formula is C10H10N2O6S. The molecular weight excluding hydrogens is 276 g/mol. The van der Waals surface area contributed by atoms with E-state index < -0.39 is 37.5 Å². The fourth-order valence-corrected chi connectivity index (χ4v) is 3.64. The highest BCUT2D eigenvalue weighted by Gasteiger charge is 2.44. The lowest BCUT2D eigenvalue weighted by atomic mass is 10.1. The Hall–Kier alpha value is -2.00. The van der Waals surface area contributed by atoms with Gasteiger partial charge in [0.25, 0.3) is 15.7 Å². The summed E-state index contributed by atoms with van der Waals surface area (Å²) < 4.78 is 25.2. The molecule has 102 valence electrons. The zero-order valence-corrected chi connectivity index (χ0v) is 10.4. The van der Waals surface area contributed by atoms with Crippen LogP contribution in [0.15, 0.2) is 29.2 Å². The highest BCUT2D eigenvalue weighted by molar-refractivity contribution is 7.89. The predicted octanol–water partition coefficient (Wildman–Crippen LogP) is 0.442. The van der Waals surface area contributed by atoms with Crippen molar-refractivity contribution in [1.29, 1.82) is 0 Å². The van der Waals surface area contributed by atoms with E-state index in [0.717, 1.165) is 16.4 Å². The number of hydrogen-bond acceptors (Lipinski definition) is 5. The van der Waals surface area contributed by atoms with Gasteiger partial charge in [-0.3, -0.25) is 14.9 Å². The summed E-state index contributed by atoms with van der Waals surface area (Å²) in [6.07, 6.45) is 0.204. The number of nitrogens with zero attached hydrogens (tertiary/aromatic N) is 2. The van der Waals surface area contributed by atoms with Crippen molar-refractivity contribution in [3.05, 3.63) is 34.4 Å². The minimum atomic E-state index is -4.16. The average Bonchev–Trinajstić information content (AvgIpc) is 2.26. The summed E-state index contributed by atoms with van der Waals surface area (Å²) >= 11 is 0. The third kappa shape index (κ3) is 2.17. The van der Waals surface area contributed by atoms with E-state index in [1.807, 2.05) is 0 Å². The number of benzene rings is 1. The summed E-state index contributed by atoms with van der Waals surface area (Å²) in [7, 11) is -4.16. The number of carboxylic acid groups (broad SMARTS) is 1. The summed E-state index contributed by atoms with van der Waals surface area (Å²) in [5.74, 6) is -1.26. The Kier molecular flexibility index (Phi) is 3.25. The van der Waals surface area contributed by atoms with Gasteiger partial charge in [0.1, 0.15) is 6.04 Å². The lowest BCUT2D eigenvalue weighted by molar-refractivity contribution is -0.387. The number of rotatable bonds is 4. The Labute approximate surface area is 108 Å². The first-order chi connectivity index (χ1) is 8.85. The summed E-state index contributed by atoms with van der Waals surface area (Å²) in [5, 5.41) is 19.7. The molecule has 8 nitrogen and oxygen atoms in total. The van der Waals surface area contributed by atoms with Crippen LogP contribution in [0.5, 0.6) is 0 Å². The Morgan fingerprint density at radius 1 is 1.42 bits per heavy atom. The number of hydrogen-bond donors (Lipinski definition) is 1. The van der Waals surface area contributed by atoms with Crippen LogP contribution >= 0.6 is 0 Å². The predicted molar refractivity (Wildman–Crippen MR) is 63.0 cm³/mol. The standard InChI is InChI=1S/C10H10N2O6S/c13-10(14)8-5-6-11(8)19(17,18)9-4-2-1-3-7(9)12(15)16/h1-4,8H,5-6H2,(H,13,14)/t8-/m1/s1. The Morgan fingerprint density at radius 2 is 2.05 bits per heavy atom. The smallest absolute Gasteiger partial charge is 0.322 e. The molecule has 1 N–H and O–H groups in total. The van der Waals surface area contributed by atoms with Crippen LogP contribution in [0.1, 0.15) is 6.42 Å². The van der Waals surface area contributed by atoms with Crippen molar-refractivity contribution in [3.8, 4) is 0 Å². The van der Waals surface area contributed by atoms with Crippen LogP contribution in [0.2, 0.25) is 0 Å². The van der Waals surface area contributed by atoms with Crippen LogP contribution < -0.4 is 0 Å². The maximum Gasteiger partial charge on any atom is 0.322 e. The monoisotopic (exact) mass is 286 g/mol. The zero-order chi connectivity index (χ0) is 14.2. The molecule has 1 atom stereocenters. The molecule has 1 aliphatic rings. The van der Waals surface area contributed by atoms with E-state index in [9.17, 15) is 23.3 Å². The van der Waals surface area contributed by atoms with Gasteiger partial charge in [0.05, 0.1) is 4.92 Å². The van der Waals surface area contributed by atoms with E-state index in [-0.39, 0.29) is 13.0 Å². The SMILES string of the molecule is O=C(O)[C@H]1CCN1S(=O)(=O)c1ccccc1[N+](=O)[O-]. The van der Waals surface area contributed by atoms with E-state index in [1.165, 1.54) is 12.1 Å². The van der Waals surface area contributed by atoms with Crippen LogP contribution in [-0.2, 0) is 14.8 Å². The van der Waals surface area contributed by atoms with Crippen molar-refractivity contribution in [1.82, 2.24) is 4.31 Å². The van der Waals surface area contributed by atoms with Gasteiger partial charge in [-0.2, -0.15) is 4.31 Å². The van der Waals surface area contributed by atoms with E-state index in [1.54, 1.807) is 0 Å². The van der Waals surface area contributed by atoms with Gasteiger partial charge >= 0.3 is 5.97 Å². The molecule has 0 bridgehead atoms. The lowest BCUT2D eigenvalue weighted by Crippen LogP contribution is -2.54. The number of aliphatic carboxylic acids is 1. The number of nitro groups is 1. The number of carbonyl (C=O) groups is 1. The minimum absolute atomic E-state index is 0.0470. The first-order valence-electron chi connectivity index (χ1n) is 5.34. The summed E-state index contributed by atoms with van der Waals surface area (Å²) in [6.45, 7) is 0.0470. The topological polar surface area (TPSA) is 118 Å². The van der Waals surface area contributed by atoms with Crippen LogP contribution in [-0.4, -0.2) is 41.3 Å². The second-order valence-electron chi connectivity index (χ2n) is 3.98. The second-order valence-corrected chi connectivity index (χ2v) is 5.84. The zero-order valence-electron chi connectivity index (χ0n) is 9.59. The second kappa shape index (κ2) is 4.59. The van der Waals surface area contributed by atoms with Gasteiger partial charge < -0.3 is 5.11 Å². The van der Waals surface area contributed by atoms with Crippen LogP contribution in [0.25, 0.3) is 0 Å². The summed E-state index contributed by atoms with van der Waals surface area (Å²) in [4.78, 5) is 20.4. The van der Waals surface area contributed by atoms with Crippen molar-refractivity contribution < 1.29 is 23.2 Å². The number of carboxylic acids is 1. The van der Waals surface area contributed by atoms with Gasteiger partial charge in [-0.1, -0.05) is 12.1 Å². The molecule has 0 aliphatic carbocycles. The van der Waals surface area contributed by atoms with Crippen LogP contribution in [0, 0.1) is 10.1 Å². The Bertz CT molecular complexity index is 641. The van der Waals surface area contributed by atoms with Crippen molar-refractivity contribution in [2.24, 2.45) is 0 Å². The molecule has 1 fully saturated rings. The molecule has 1 aromatic rings. The normalized spacial score (nSPS) is 19.7. The number of nitro benzene ring substituents is 1. The van der Waals surface area contributed by atoms with Crippen LogP contribution in [0.3, 0.4) is 0 Å². The molecule has 1 aromatic carbocycles. The van der Waals surface area contributed by atoms with Gasteiger partial charge in [0.2, 0.25) is 0 Å². The third-order valence-corrected chi connectivity index (χ3v) is 4.86. The van der Waals surface area contributed by atoms with Crippen molar-refractivity contribution in [3.63, 3.8) is 0 Å². The summed E-state index contributed by atoms with van der Waals surface area (Å²) in [6, 6.07) is 3.73. The molecule has 9 heteroatoms. The van der Waals surface area contributed by atoms with E-state index in [4.69, 9.17) is 5.11 Å². The number of sulfonamides is 1. The molecule has 0 aromatic heterocycles. The maximum atomic E-state index is 12.2. The van der Waals surface area contributed by atoms with Gasteiger partial charge in [-0.15, -0.1) is 0 Å². The van der Waals surface area contributed by atoms with Crippen molar-refractivity contribution in [2.75, 3.05) is 6.54 Å². The quantitative estimate of drug-likeness (QED) is 0.634. The maximum absolute atomic E-state index is 12.2. The Balaban J connectivity index is 2.46. The first-order valence-corrected chi connectivity index (χ1v) is 6.78. The van der Waals surface area contributed by atoms with Crippen molar-refractivity contribution >= 4 is 21.7 Å². The average molecular weight is 286 g/mol. The molecule has 0 unspecified atom stereocenters. The molecule has 0 spiro atoms. The van der Waals surface area contributed by atoms with Gasteiger partial charge in [0.15, 0.2) is 4.90 Å².